The van der Waals surface area contributed by atoms with Gasteiger partial charge in [0, 0.05) is 19.6 Å². The summed E-state index contributed by atoms with van der Waals surface area (Å²) in [6, 6.07) is 0. The molecule has 0 amide bonds. The van der Waals surface area contributed by atoms with Crippen LogP contribution in [-0.4, -0.2) is 71.7 Å². The smallest absolute Gasteiger partial charge is 0.146 e. The van der Waals surface area contributed by atoms with Gasteiger partial charge in [-0.05, 0) is 23.7 Å². The Morgan fingerprint density at radius 3 is 1.54 bits per heavy atom. The molecule has 0 aliphatic heterocycles. The molecule has 0 aromatic rings. The molecule has 0 aliphatic carbocycles. The van der Waals surface area contributed by atoms with Gasteiger partial charge in [0.2, 0.25) is 0 Å². The fourth-order valence-electron chi connectivity index (χ4n) is 2.12. The summed E-state index contributed by atoms with van der Waals surface area (Å²) in [6.45, 7) is 19.0. The van der Waals surface area contributed by atoms with Crippen LogP contribution in [0, 0.1) is 10.8 Å². The van der Waals surface area contributed by atoms with Crippen LogP contribution < -0.4 is 5.32 Å². The van der Waals surface area contributed by atoms with Gasteiger partial charge < -0.3 is 24.3 Å². The molecule has 1 N–H and O–H groups in total. The van der Waals surface area contributed by atoms with Crippen molar-refractivity contribution in [2.75, 3.05) is 65.9 Å². The fraction of sp³-hybridized carbons (Fsp3) is 0.955. The highest BCUT2D eigenvalue weighted by molar-refractivity contribution is 5.80. The molecule has 6 nitrogen and oxygen atoms in total. The van der Waals surface area contributed by atoms with E-state index >= 15 is 0 Å². The molecule has 0 radical (unpaired) electrons. The van der Waals surface area contributed by atoms with Crippen molar-refractivity contribution in [2.24, 2.45) is 10.8 Å². The van der Waals surface area contributed by atoms with Gasteiger partial charge in [0.25, 0.3) is 0 Å². The van der Waals surface area contributed by atoms with Gasteiger partial charge in [0.15, 0.2) is 0 Å². The fourth-order valence-corrected chi connectivity index (χ4v) is 2.12. The molecule has 0 spiro atoms. The molecular weight excluding hydrogens is 358 g/mol. The van der Waals surface area contributed by atoms with Crippen molar-refractivity contribution >= 4 is 5.78 Å². The molecule has 0 rings (SSSR count). The monoisotopic (exact) mass is 403 g/mol. The van der Waals surface area contributed by atoms with Crippen LogP contribution in [-0.2, 0) is 23.7 Å². The Kier molecular flexibility index (Phi) is 16.0. The third kappa shape index (κ3) is 23.5. The summed E-state index contributed by atoms with van der Waals surface area (Å²) in [5, 5.41) is 3.12. The summed E-state index contributed by atoms with van der Waals surface area (Å²) in [4.78, 5) is 11.7. The van der Waals surface area contributed by atoms with E-state index in [1.165, 1.54) is 0 Å². The van der Waals surface area contributed by atoms with Gasteiger partial charge in [-0.25, -0.2) is 0 Å². The number of carbonyl (C=O) groups is 1. The number of hydrogen-bond donors (Lipinski definition) is 1. The Hall–Kier alpha value is -0.530. The van der Waals surface area contributed by atoms with E-state index in [-0.39, 0.29) is 11.2 Å². The number of hydrogen-bond acceptors (Lipinski definition) is 6. The molecule has 6 heteroatoms. The lowest BCUT2D eigenvalue weighted by Gasteiger charge is -2.17. The van der Waals surface area contributed by atoms with Crippen LogP contribution in [0.25, 0.3) is 0 Å². The molecule has 0 saturated heterocycles. The first-order valence-corrected chi connectivity index (χ1v) is 10.6. The maximum atomic E-state index is 11.7. The van der Waals surface area contributed by atoms with Crippen molar-refractivity contribution in [1.82, 2.24) is 5.32 Å². The lowest BCUT2D eigenvalue weighted by Crippen LogP contribution is -2.27. The van der Waals surface area contributed by atoms with Crippen LogP contribution in [0.2, 0.25) is 0 Å². The second kappa shape index (κ2) is 16.3. The maximum absolute atomic E-state index is 11.7. The summed E-state index contributed by atoms with van der Waals surface area (Å²) < 4.78 is 21.9. The largest absolute Gasteiger partial charge is 0.379 e. The summed E-state index contributed by atoms with van der Waals surface area (Å²) in [6.07, 6.45) is 2.62. The normalized spacial score (nSPS) is 12.5. The quantitative estimate of drug-likeness (QED) is 0.354. The molecule has 168 valence electrons. The average Bonchev–Trinajstić information content (AvgIpc) is 2.58. The molecule has 0 unspecified atom stereocenters. The van der Waals surface area contributed by atoms with E-state index in [2.05, 4.69) is 46.9 Å². The summed E-state index contributed by atoms with van der Waals surface area (Å²) in [5.41, 5.74) is 0.528. The SMILES string of the molecule is CC(C)(C)CCOCCOCCOCCOCCNCC(=O)CCC(C)(C)C. The summed E-state index contributed by atoms with van der Waals surface area (Å²) in [7, 11) is 0. The van der Waals surface area contributed by atoms with Crippen LogP contribution in [0.5, 0.6) is 0 Å². The third-order valence-corrected chi connectivity index (χ3v) is 4.01. The van der Waals surface area contributed by atoms with Gasteiger partial charge in [-0.15, -0.1) is 0 Å². The van der Waals surface area contributed by atoms with Crippen molar-refractivity contribution in [3.05, 3.63) is 0 Å². The zero-order valence-electron chi connectivity index (χ0n) is 19.2. The first kappa shape index (κ1) is 27.5. The third-order valence-electron chi connectivity index (χ3n) is 4.01. The molecular formula is C22H45NO5. The minimum Gasteiger partial charge on any atom is -0.379 e. The number of rotatable bonds is 18. The van der Waals surface area contributed by atoms with Gasteiger partial charge in [-0.2, -0.15) is 0 Å². The second-order valence-electron chi connectivity index (χ2n) is 9.54. The Balaban J connectivity index is 3.19. The van der Waals surface area contributed by atoms with Crippen molar-refractivity contribution in [3.8, 4) is 0 Å². The lowest BCUT2D eigenvalue weighted by atomic mass is 9.89. The van der Waals surface area contributed by atoms with Crippen LogP contribution in [0.4, 0.5) is 0 Å². The first-order valence-electron chi connectivity index (χ1n) is 10.6. The molecule has 0 aromatic carbocycles. The number of ether oxygens (including phenoxy) is 4. The zero-order valence-corrected chi connectivity index (χ0v) is 19.2. The van der Waals surface area contributed by atoms with Crippen molar-refractivity contribution in [1.29, 1.82) is 0 Å². The zero-order chi connectivity index (χ0) is 21.3. The van der Waals surface area contributed by atoms with Crippen molar-refractivity contribution in [2.45, 2.75) is 60.8 Å². The van der Waals surface area contributed by atoms with E-state index in [0.29, 0.717) is 71.2 Å². The Morgan fingerprint density at radius 2 is 1.07 bits per heavy atom. The molecule has 0 aromatic heterocycles. The maximum Gasteiger partial charge on any atom is 0.146 e. The molecule has 0 heterocycles. The number of nitrogens with one attached hydrogen (secondary N) is 1. The average molecular weight is 404 g/mol. The minimum absolute atomic E-state index is 0.212. The molecule has 28 heavy (non-hydrogen) atoms. The number of carbonyl (C=O) groups excluding carboxylic acids is 1. The van der Waals surface area contributed by atoms with E-state index in [4.69, 9.17) is 18.9 Å². The molecule has 0 atom stereocenters. The highest BCUT2D eigenvalue weighted by Gasteiger charge is 2.12. The van der Waals surface area contributed by atoms with Crippen LogP contribution in [0.1, 0.15) is 60.8 Å². The highest BCUT2D eigenvalue weighted by Crippen LogP contribution is 2.20. The van der Waals surface area contributed by atoms with E-state index in [1.54, 1.807) is 0 Å². The second-order valence-corrected chi connectivity index (χ2v) is 9.54. The molecule has 0 aliphatic rings. The van der Waals surface area contributed by atoms with Crippen LogP contribution >= 0.6 is 0 Å². The van der Waals surface area contributed by atoms with E-state index in [9.17, 15) is 4.79 Å². The van der Waals surface area contributed by atoms with Gasteiger partial charge in [0.1, 0.15) is 5.78 Å². The first-order chi connectivity index (χ1) is 13.1. The van der Waals surface area contributed by atoms with Crippen molar-refractivity contribution < 1.29 is 23.7 Å². The van der Waals surface area contributed by atoms with Crippen LogP contribution in [0.3, 0.4) is 0 Å². The lowest BCUT2D eigenvalue weighted by molar-refractivity contribution is -0.118. The highest BCUT2D eigenvalue weighted by atomic mass is 16.6. The molecule has 0 bridgehead atoms. The van der Waals surface area contributed by atoms with E-state index < -0.39 is 0 Å². The van der Waals surface area contributed by atoms with Crippen molar-refractivity contribution in [3.63, 3.8) is 0 Å². The number of ketones is 1. The predicted molar refractivity (Wildman–Crippen MR) is 114 cm³/mol. The van der Waals surface area contributed by atoms with Gasteiger partial charge in [-0.1, -0.05) is 41.5 Å². The summed E-state index contributed by atoms with van der Waals surface area (Å²) in [5.74, 6) is 0.262. The topological polar surface area (TPSA) is 66.0 Å². The van der Waals surface area contributed by atoms with Gasteiger partial charge >= 0.3 is 0 Å². The van der Waals surface area contributed by atoms with Crippen LogP contribution in [0.15, 0.2) is 0 Å². The summed E-state index contributed by atoms with van der Waals surface area (Å²) >= 11 is 0. The predicted octanol–water partition coefficient (Wildman–Crippen LogP) is 3.47. The van der Waals surface area contributed by atoms with Gasteiger partial charge in [-0.3, -0.25) is 4.79 Å². The van der Waals surface area contributed by atoms with Gasteiger partial charge in [0.05, 0.1) is 52.8 Å². The Labute approximate surface area is 173 Å². The molecule has 0 fully saturated rings. The minimum atomic E-state index is 0.212. The number of Topliss-reactive ketones (excluding diaryl/α,β-unsaturated/α-hetero) is 1. The Morgan fingerprint density at radius 1 is 0.643 bits per heavy atom. The molecule has 0 saturated carbocycles. The van der Waals surface area contributed by atoms with E-state index in [0.717, 1.165) is 19.4 Å². The standard InChI is InChI=1S/C22H45NO5/c1-21(2,3)8-7-20(24)19-23-10-12-26-14-16-28-18-17-27-15-13-25-11-9-22(4,5)6/h23H,7-19H2,1-6H3. The Bertz CT molecular complexity index is 374. The van der Waals surface area contributed by atoms with E-state index in [1.807, 2.05) is 0 Å².